The number of nitrogens with zero attached hydrogens (tertiary/aromatic N) is 1. The molecule has 0 N–H and O–H groups in total. The number of benzene rings is 1. The minimum Gasteiger partial charge on any atom is -0.274 e. The lowest BCUT2D eigenvalue weighted by Crippen LogP contribution is -2.37. The van der Waals surface area contributed by atoms with Crippen LogP contribution in [0.2, 0.25) is 5.02 Å². The van der Waals surface area contributed by atoms with Crippen LogP contribution in [0.1, 0.15) is 38.5 Å². The van der Waals surface area contributed by atoms with Gasteiger partial charge < -0.3 is 0 Å². The molecule has 1 aromatic rings. The van der Waals surface area contributed by atoms with Gasteiger partial charge in [-0.25, -0.2) is 4.90 Å². The topological polar surface area (TPSA) is 37.4 Å². The van der Waals surface area contributed by atoms with E-state index < -0.39 is 5.41 Å². The molecule has 1 aliphatic heterocycles. The molecule has 3 rings (SSSR count). The van der Waals surface area contributed by atoms with Gasteiger partial charge in [-0.15, -0.1) is 0 Å². The number of amides is 2. The van der Waals surface area contributed by atoms with Crippen LogP contribution in [-0.4, -0.2) is 11.8 Å². The normalized spacial score (nSPS) is 21.8. The van der Waals surface area contributed by atoms with Crippen molar-refractivity contribution in [3.63, 3.8) is 0 Å². The molecule has 5 heteroatoms. The minimum absolute atomic E-state index is 0.0508. The van der Waals surface area contributed by atoms with E-state index in [4.69, 9.17) is 11.6 Å². The summed E-state index contributed by atoms with van der Waals surface area (Å²) in [4.78, 5) is 26.5. The fourth-order valence-corrected chi connectivity index (χ4v) is 3.93. The summed E-state index contributed by atoms with van der Waals surface area (Å²) in [6.45, 7) is 0. The van der Waals surface area contributed by atoms with Crippen molar-refractivity contribution < 1.29 is 9.59 Å². The average Bonchev–Trinajstić information content (AvgIpc) is 2.66. The molecule has 0 atom stereocenters. The number of carbonyl (C=O) groups excluding carboxylic acids is 2. The summed E-state index contributed by atoms with van der Waals surface area (Å²) < 4.78 is 0.608. The molecule has 2 amide bonds. The Morgan fingerprint density at radius 3 is 2.55 bits per heavy atom. The first-order chi connectivity index (χ1) is 9.55. The predicted molar refractivity (Wildman–Crippen MR) is 81.8 cm³/mol. The van der Waals surface area contributed by atoms with Gasteiger partial charge in [0, 0.05) is 6.42 Å². The lowest BCUT2D eigenvalue weighted by Gasteiger charge is -2.30. The van der Waals surface area contributed by atoms with Crippen LogP contribution in [0.5, 0.6) is 0 Å². The second-order valence-corrected chi connectivity index (χ2v) is 6.83. The van der Waals surface area contributed by atoms with Crippen molar-refractivity contribution in [2.75, 3.05) is 4.90 Å². The lowest BCUT2D eigenvalue weighted by atomic mass is 9.73. The van der Waals surface area contributed by atoms with E-state index in [1.54, 1.807) is 18.2 Å². The number of anilines is 1. The molecule has 1 saturated heterocycles. The fourth-order valence-electron chi connectivity index (χ4n) is 3.32. The number of rotatable bonds is 1. The van der Waals surface area contributed by atoms with E-state index in [1.165, 1.54) is 4.90 Å². The molecule has 1 aromatic carbocycles. The monoisotopic (exact) mass is 355 g/mol. The molecule has 2 aliphatic rings. The lowest BCUT2D eigenvalue weighted by molar-refractivity contribution is -0.127. The van der Waals surface area contributed by atoms with Crippen molar-refractivity contribution in [3.8, 4) is 0 Å². The molecule has 1 saturated carbocycles. The summed E-state index contributed by atoms with van der Waals surface area (Å²) in [5.74, 6) is -0.162. The first kappa shape index (κ1) is 14.1. The van der Waals surface area contributed by atoms with Crippen LogP contribution in [0.3, 0.4) is 0 Å². The second kappa shape index (κ2) is 5.15. The van der Waals surface area contributed by atoms with Gasteiger partial charge in [0.1, 0.15) is 0 Å². The maximum atomic E-state index is 12.8. The summed E-state index contributed by atoms with van der Waals surface area (Å²) in [6, 6.07) is 5.25. The highest BCUT2D eigenvalue weighted by Gasteiger charge is 2.52. The van der Waals surface area contributed by atoms with Gasteiger partial charge in [-0.2, -0.15) is 0 Å². The highest BCUT2D eigenvalue weighted by atomic mass is 79.9. The van der Waals surface area contributed by atoms with Crippen molar-refractivity contribution in [3.05, 3.63) is 27.7 Å². The van der Waals surface area contributed by atoms with Gasteiger partial charge in [0.05, 0.1) is 20.6 Å². The highest BCUT2D eigenvalue weighted by Crippen LogP contribution is 2.48. The summed E-state index contributed by atoms with van der Waals surface area (Å²) in [6.07, 6.45) is 5.21. The van der Waals surface area contributed by atoms with E-state index >= 15 is 0 Å². The zero-order chi connectivity index (χ0) is 14.3. The van der Waals surface area contributed by atoms with Crippen LogP contribution >= 0.6 is 27.5 Å². The van der Waals surface area contributed by atoms with E-state index in [9.17, 15) is 9.59 Å². The van der Waals surface area contributed by atoms with Crippen LogP contribution in [-0.2, 0) is 9.59 Å². The Labute approximate surface area is 131 Å². The Morgan fingerprint density at radius 1 is 1.15 bits per heavy atom. The van der Waals surface area contributed by atoms with E-state index in [0.717, 1.165) is 32.1 Å². The van der Waals surface area contributed by atoms with Crippen molar-refractivity contribution in [2.24, 2.45) is 5.41 Å². The SMILES string of the molecule is O=C1CC2(CCCCC2)C(=O)N1c1cccc(Cl)c1Br. The summed E-state index contributed by atoms with van der Waals surface area (Å²) in [7, 11) is 0. The largest absolute Gasteiger partial charge is 0.274 e. The fraction of sp³-hybridized carbons (Fsp3) is 0.467. The van der Waals surface area contributed by atoms with E-state index in [-0.39, 0.29) is 11.8 Å². The Hall–Kier alpha value is -0.870. The predicted octanol–water partition coefficient (Wildman–Crippen LogP) is 4.32. The molecular formula is C15H15BrClNO2. The molecular weight excluding hydrogens is 342 g/mol. The number of hydrogen-bond acceptors (Lipinski definition) is 2. The van der Waals surface area contributed by atoms with Gasteiger partial charge in [0.25, 0.3) is 0 Å². The van der Waals surface area contributed by atoms with E-state index in [1.807, 2.05) is 0 Å². The maximum Gasteiger partial charge on any atom is 0.240 e. The molecule has 1 heterocycles. The highest BCUT2D eigenvalue weighted by molar-refractivity contribution is 9.10. The summed E-state index contributed by atoms with van der Waals surface area (Å²) in [5.41, 5.74) is 0.104. The van der Waals surface area contributed by atoms with Gasteiger partial charge in [0.2, 0.25) is 11.8 Å². The molecule has 0 unspecified atom stereocenters. The van der Waals surface area contributed by atoms with Crippen LogP contribution < -0.4 is 4.90 Å². The van der Waals surface area contributed by atoms with Gasteiger partial charge in [0.15, 0.2) is 0 Å². The Bertz CT molecular complexity index is 581. The van der Waals surface area contributed by atoms with E-state index in [0.29, 0.717) is 21.6 Å². The quantitative estimate of drug-likeness (QED) is 0.703. The minimum atomic E-state index is -0.461. The summed E-state index contributed by atoms with van der Waals surface area (Å²) in [5, 5.41) is 0.507. The molecule has 1 aliphatic carbocycles. The van der Waals surface area contributed by atoms with Crippen molar-refractivity contribution in [1.29, 1.82) is 0 Å². The zero-order valence-electron chi connectivity index (χ0n) is 11.0. The third-order valence-corrected chi connectivity index (χ3v) is 5.76. The second-order valence-electron chi connectivity index (χ2n) is 5.63. The number of carbonyl (C=O) groups is 2. The zero-order valence-corrected chi connectivity index (χ0v) is 13.3. The van der Waals surface area contributed by atoms with Gasteiger partial charge >= 0.3 is 0 Å². The van der Waals surface area contributed by atoms with Crippen LogP contribution in [0, 0.1) is 5.41 Å². The molecule has 0 bridgehead atoms. The molecule has 0 aromatic heterocycles. The smallest absolute Gasteiger partial charge is 0.240 e. The maximum absolute atomic E-state index is 12.8. The first-order valence-electron chi connectivity index (χ1n) is 6.87. The summed E-state index contributed by atoms with van der Waals surface area (Å²) >= 11 is 9.45. The van der Waals surface area contributed by atoms with E-state index in [2.05, 4.69) is 15.9 Å². The number of imide groups is 1. The van der Waals surface area contributed by atoms with Crippen LogP contribution in [0.4, 0.5) is 5.69 Å². The molecule has 20 heavy (non-hydrogen) atoms. The third kappa shape index (κ3) is 2.09. The standard InChI is InChI=1S/C15H15BrClNO2/c16-13-10(17)5-4-6-11(13)18-12(19)9-15(14(18)20)7-2-1-3-8-15/h4-6H,1-3,7-9H2. The molecule has 2 fully saturated rings. The van der Waals surface area contributed by atoms with Crippen LogP contribution in [0.25, 0.3) is 0 Å². The number of hydrogen-bond donors (Lipinski definition) is 0. The number of halogens is 2. The van der Waals surface area contributed by atoms with Crippen molar-refractivity contribution in [1.82, 2.24) is 0 Å². The Morgan fingerprint density at radius 2 is 1.85 bits per heavy atom. The Kier molecular flexibility index (Phi) is 3.63. The van der Waals surface area contributed by atoms with Gasteiger partial charge in [-0.1, -0.05) is 36.9 Å². The molecule has 0 radical (unpaired) electrons. The average molecular weight is 357 g/mol. The first-order valence-corrected chi connectivity index (χ1v) is 8.04. The van der Waals surface area contributed by atoms with Crippen LogP contribution in [0.15, 0.2) is 22.7 Å². The molecule has 1 spiro atoms. The Balaban J connectivity index is 2.00. The third-order valence-electron chi connectivity index (χ3n) is 4.38. The van der Waals surface area contributed by atoms with Gasteiger partial charge in [-0.05, 0) is 40.9 Å². The van der Waals surface area contributed by atoms with Crippen molar-refractivity contribution >= 4 is 45.0 Å². The molecule has 3 nitrogen and oxygen atoms in total. The van der Waals surface area contributed by atoms with Crippen molar-refractivity contribution in [2.45, 2.75) is 38.5 Å². The molecule has 106 valence electrons. The van der Waals surface area contributed by atoms with Gasteiger partial charge in [-0.3, -0.25) is 9.59 Å².